The van der Waals surface area contributed by atoms with Gasteiger partial charge in [0.05, 0.1) is 19.3 Å². The lowest BCUT2D eigenvalue weighted by atomic mass is 10.2. The van der Waals surface area contributed by atoms with Gasteiger partial charge in [0.2, 0.25) is 0 Å². The van der Waals surface area contributed by atoms with Crippen molar-refractivity contribution in [1.82, 2.24) is 9.55 Å². The van der Waals surface area contributed by atoms with Gasteiger partial charge < -0.3 is 14.8 Å². The maximum Gasteiger partial charge on any atom is 0.141 e. The Labute approximate surface area is 113 Å². The van der Waals surface area contributed by atoms with E-state index in [1.807, 2.05) is 28.8 Å². The third-order valence-electron chi connectivity index (χ3n) is 2.45. The third kappa shape index (κ3) is 2.85. The molecule has 0 saturated carbocycles. The molecular weight excluding hydrogens is 331 g/mol. The Bertz CT molecular complexity index is 499. The van der Waals surface area contributed by atoms with Crippen molar-refractivity contribution < 1.29 is 10.2 Å². The van der Waals surface area contributed by atoms with Gasteiger partial charge in [-0.2, -0.15) is 0 Å². The monoisotopic (exact) mass is 344 g/mol. The van der Waals surface area contributed by atoms with E-state index in [1.165, 1.54) is 0 Å². The average Bonchev–Trinajstić information content (AvgIpc) is 2.77. The normalized spacial score (nSPS) is 12.6. The highest BCUT2D eigenvalue weighted by atomic mass is 127. The molecule has 0 aliphatic carbocycles. The number of nitrogens with zero attached hydrogens (tertiary/aromatic N) is 2. The molecule has 1 aromatic heterocycles. The van der Waals surface area contributed by atoms with Gasteiger partial charge in [-0.05, 0) is 28.7 Å². The molecule has 2 rings (SSSR count). The van der Waals surface area contributed by atoms with E-state index in [4.69, 9.17) is 5.11 Å². The van der Waals surface area contributed by atoms with Crippen molar-refractivity contribution in [2.24, 2.45) is 0 Å². The maximum atomic E-state index is 9.47. The molecule has 2 aromatic rings. The number of imidazole rings is 1. The fraction of sp³-hybridized carbons (Fsp3) is 0.250. The van der Waals surface area contributed by atoms with Crippen LogP contribution >= 0.6 is 22.6 Å². The van der Waals surface area contributed by atoms with E-state index in [0.29, 0.717) is 6.54 Å². The van der Waals surface area contributed by atoms with Crippen LogP contribution in [0.2, 0.25) is 0 Å². The summed E-state index contributed by atoms with van der Waals surface area (Å²) < 4.78 is 2.95. The standard InChI is InChI=1S/C12H13IN2O2/c13-11-4-2-1-3-10(11)12-14-5-6-15(12)7-9(17)8-16/h1-6,9,16-17H,7-8H2. The van der Waals surface area contributed by atoms with Crippen molar-refractivity contribution in [1.29, 1.82) is 0 Å². The lowest BCUT2D eigenvalue weighted by molar-refractivity contribution is 0.0816. The first-order valence-electron chi connectivity index (χ1n) is 5.27. The van der Waals surface area contributed by atoms with E-state index in [2.05, 4.69) is 27.6 Å². The fourth-order valence-corrected chi connectivity index (χ4v) is 2.26. The molecule has 0 aliphatic heterocycles. The van der Waals surface area contributed by atoms with Gasteiger partial charge in [0.1, 0.15) is 5.82 Å². The Balaban J connectivity index is 2.34. The topological polar surface area (TPSA) is 58.3 Å². The van der Waals surface area contributed by atoms with Crippen molar-refractivity contribution in [3.05, 3.63) is 40.2 Å². The van der Waals surface area contributed by atoms with E-state index in [1.54, 1.807) is 12.4 Å². The van der Waals surface area contributed by atoms with Gasteiger partial charge in [0.15, 0.2) is 0 Å². The quantitative estimate of drug-likeness (QED) is 0.827. The molecule has 1 aromatic carbocycles. The van der Waals surface area contributed by atoms with Crippen molar-refractivity contribution in [2.45, 2.75) is 12.6 Å². The number of aromatic nitrogens is 2. The Kier molecular flexibility index (Phi) is 4.14. The van der Waals surface area contributed by atoms with E-state index in [0.717, 1.165) is 15.0 Å². The van der Waals surface area contributed by atoms with Crippen LogP contribution in [-0.2, 0) is 6.54 Å². The Morgan fingerprint density at radius 1 is 1.35 bits per heavy atom. The molecule has 4 nitrogen and oxygen atoms in total. The lowest BCUT2D eigenvalue weighted by Crippen LogP contribution is -2.20. The third-order valence-corrected chi connectivity index (χ3v) is 3.39. The molecule has 0 fully saturated rings. The summed E-state index contributed by atoms with van der Waals surface area (Å²) in [7, 11) is 0. The van der Waals surface area contributed by atoms with Crippen molar-refractivity contribution in [2.75, 3.05) is 6.61 Å². The minimum atomic E-state index is -0.760. The molecule has 90 valence electrons. The van der Waals surface area contributed by atoms with Crippen LogP contribution in [0.5, 0.6) is 0 Å². The molecule has 0 amide bonds. The van der Waals surface area contributed by atoms with Gasteiger partial charge >= 0.3 is 0 Å². The highest BCUT2D eigenvalue weighted by molar-refractivity contribution is 14.1. The van der Waals surface area contributed by atoms with E-state index < -0.39 is 6.10 Å². The van der Waals surface area contributed by atoms with E-state index in [9.17, 15) is 5.11 Å². The largest absolute Gasteiger partial charge is 0.394 e. The smallest absolute Gasteiger partial charge is 0.141 e. The van der Waals surface area contributed by atoms with Crippen molar-refractivity contribution in [3.63, 3.8) is 0 Å². The second-order valence-corrected chi connectivity index (χ2v) is 4.88. The SMILES string of the molecule is OCC(O)Cn1ccnc1-c1ccccc1I. The molecule has 1 unspecified atom stereocenters. The summed E-state index contributed by atoms with van der Waals surface area (Å²) >= 11 is 2.26. The number of hydrogen-bond acceptors (Lipinski definition) is 3. The van der Waals surface area contributed by atoms with Gasteiger partial charge in [-0.3, -0.25) is 0 Å². The molecule has 0 aliphatic rings. The zero-order chi connectivity index (χ0) is 12.3. The number of hydrogen-bond donors (Lipinski definition) is 2. The minimum absolute atomic E-state index is 0.247. The molecule has 5 heteroatoms. The van der Waals surface area contributed by atoms with Gasteiger partial charge in [-0.25, -0.2) is 4.98 Å². The lowest BCUT2D eigenvalue weighted by Gasteiger charge is -2.12. The highest BCUT2D eigenvalue weighted by Gasteiger charge is 2.11. The summed E-state index contributed by atoms with van der Waals surface area (Å²) in [5.74, 6) is 0.808. The summed E-state index contributed by atoms with van der Waals surface area (Å²) in [4.78, 5) is 4.30. The first kappa shape index (κ1) is 12.5. The zero-order valence-electron chi connectivity index (χ0n) is 9.12. The Hall–Kier alpha value is -0.920. The van der Waals surface area contributed by atoms with Crippen LogP contribution in [0.4, 0.5) is 0 Å². The summed E-state index contributed by atoms with van der Waals surface area (Å²) in [6.07, 6.45) is 2.74. The predicted molar refractivity (Wildman–Crippen MR) is 73.5 cm³/mol. The van der Waals surface area contributed by atoms with Crippen LogP contribution in [0.3, 0.4) is 0 Å². The molecule has 1 atom stereocenters. The highest BCUT2D eigenvalue weighted by Crippen LogP contribution is 2.23. The van der Waals surface area contributed by atoms with Crippen LogP contribution in [-0.4, -0.2) is 32.5 Å². The summed E-state index contributed by atoms with van der Waals surface area (Å²) in [6, 6.07) is 7.93. The molecule has 0 radical (unpaired) electrons. The first-order chi connectivity index (χ1) is 8.22. The van der Waals surface area contributed by atoms with Gasteiger partial charge in [-0.1, -0.05) is 18.2 Å². The van der Waals surface area contributed by atoms with Crippen LogP contribution in [0.15, 0.2) is 36.7 Å². The second kappa shape index (κ2) is 5.61. The van der Waals surface area contributed by atoms with E-state index >= 15 is 0 Å². The Morgan fingerprint density at radius 2 is 2.12 bits per heavy atom. The van der Waals surface area contributed by atoms with Crippen molar-refractivity contribution >= 4 is 22.6 Å². The first-order valence-corrected chi connectivity index (χ1v) is 6.35. The molecule has 17 heavy (non-hydrogen) atoms. The molecule has 0 spiro atoms. The van der Waals surface area contributed by atoms with Crippen LogP contribution in [0, 0.1) is 3.57 Å². The second-order valence-electron chi connectivity index (χ2n) is 3.72. The summed E-state index contributed by atoms with van der Waals surface area (Å²) in [5, 5.41) is 18.3. The predicted octanol–water partition coefficient (Wildman–Crippen LogP) is 1.51. The summed E-state index contributed by atoms with van der Waals surface area (Å²) in [5.41, 5.74) is 1.03. The molecule has 0 bridgehead atoms. The van der Waals surface area contributed by atoms with Crippen LogP contribution in [0.25, 0.3) is 11.4 Å². The molecular formula is C12H13IN2O2. The molecule has 2 N–H and O–H groups in total. The minimum Gasteiger partial charge on any atom is -0.394 e. The van der Waals surface area contributed by atoms with Crippen LogP contribution < -0.4 is 0 Å². The maximum absolute atomic E-state index is 9.47. The molecule has 1 heterocycles. The van der Waals surface area contributed by atoms with Gasteiger partial charge in [0.25, 0.3) is 0 Å². The number of halogens is 1. The van der Waals surface area contributed by atoms with Gasteiger partial charge in [0, 0.05) is 21.5 Å². The number of benzene rings is 1. The van der Waals surface area contributed by atoms with Crippen LogP contribution in [0.1, 0.15) is 0 Å². The Morgan fingerprint density at radius 3 is 2.82 bits per heavy atom. The average molecular weight is 344 g/mol. The number of aliphatic hydroxyl groups is 2. The van der Waals surface area contributed by atoms with Gasteiger partial charge in [-0.15, -0.1) is 0 Å². The fourth-order valence-electron chi connectivity index (χ4n) is 1.63. The zero-order valence-corrected chi connectivity index (χ0v) is 11.3. The molecule has 0 saturated heterocycles. The number of rotatable bonds is 4. The van der Waals surface area contributed by atoms with E-state index in [-0.39, 0.29) is 6.61 Å². The van der Waals surface area contributed by atoms with Crippen molar-refractivity contribution in [3.8, 4) is 11.4 Å². The number of aliphatic hydroxyl groups excluding tert-OH is 2. The summed E-state index contributed by atoms with van der Waals surface area (Å²) in [6.45, 7) is 0.0975.